The summed E-state index contributed by atoms with van der Waals surface area (Å²) in [4.78, 5) is 4.29. The van der Waals surface area contributed by atoms with Crippen LogP contribution in [0.15, 0.2) is 59.6 Å². The summed E-state index contributed by atoms with van der Waals surface area (Å²) in [5.41, 5.74) is 9.07. The smallest absolute Gasteiger partial charge is 0.197 e. The van der Waals surface area contributed by atoms with Gasteiger partial charge in [0.1, 0.15) is 6.17 Å². The molecule has 1 heterocycles. The lowest BCUT2D eigenvalue weighted by molar-refractivity contribution is 0.660. The molecule has 0 spiro atoms. The summed E-state index contributed by atoms with van der Waals surface area (Å²) in [5.74, 6) is 0.339. The molecule has 3 rings (SSSR count). The molecule has 4 nitrogen and oxygen atoms in total. The standard InChI is InChI=1S/C15H14N4S/c16-14-17-13(18-15(20)19-14)12-8-6-11(7-9-12)10-4-2-1-3-5-10/h1-9,13H,(H4,16,17,18,19,20)/t13-/m0/s1. The van der Waals surface area contributed by atoms with E-state index >= 15 is 0 Å². The molecule has 20 heavy (non-hydrogen) atoms. The third kappa shape index (κ3) is 2.62. The highest BCUT2D eigenvalue weighted by atomic mass is 32.1. The normalized spacial score (nSPS) is 17.9. The van der Waals surface area contributed by atoms with Gasteiger partial charge in [-0.15, -0.1) is 0 Å². The number of rotatable bonds is 2. The second-order valence-corrected chi connectivity index (χ2v) is 4.91. The van der Waals surface area contributed by atoms with Gasteiger partial charge in [-0.05, 0) is 28.9 Å². The number of nitrogens with one attached hydrogen (secondary N) is 2. The van der Waals surface area contributed by atoms with E-state index in [9.17, 15) is 0 Å². The van der Waals surface area contributed by atoms with Crippen molar-refractivity contribution in [2.75, 3.05) is 0 Å². The van der Waals surface area contributed by atoms with Crippen LogP contribution in [0, 0.1) is 0 Å². The second-order valence-electron chi connectivity index (χ2n) is 4.50. The SMILES string of the molecule is NC1=N[C@H](c2ccc(-c3ccccc3)cc2)NC(=S)N1. The Labute approximate surface area is 122 Å². The van der Waals surface area contributed by atoms with Crippen molar-refractivity contribution in [3.05, 3.63) is 60.2 Å². The van der Waals surface area contributed by atoms with Gasteiger partial charge in [0.15, 0.2) is 11.1 Å². The maximum atomic E-state index is 5.69. The largest absolute Gasteiger partial charge is 0.370 e. The summed E-state index contributed by atoms with van der Waals surface area (Å²) in [6.07, 6.45) is -0.228. The lowest BCUT2D eigenvalue weighted by atomic mass is 10.0. The van der Waals surface area contributed by atoms with Crippen LogP contribution in [0.4, 0.5) is 0 Å². The Kier molecular flexibility index (Phi) is 3.35. The van der Waals surface area contributed by atoms with Crippen molar-refractivity contribution >= 4 is 23.3 Å². The van der Waals surface area contributed by atoms with E-state index in [1.807, 2.05) is 30.3 Å². The van der Waals surface area contributed by atoms with Gasteiger partial charge < -0.3 is 16.4 Å². The summed E-state index contributed by atoms with van der Waals surface area (Å²) in [6.45, 7) is 0. The van der Waals surface area contributed by atoms with Gasteiger partial charge in [0.05, 0.1) is 0 Å². The van der Waals surface area contributed by atoms with Crippen LogP contribution >= 0.6 is 12.2 Å². The first-order chi connectivity index (χ1) is 9.72. The summed E-state index contributed by atoms with van der Waals surface area (Å²) >= 11 is 5.08. The van der Waals surface area contributed by atoms with E-state index in [1.54, 1.807) is 0 Å². The molecule has 1 aliphatic rings. The third-order valence-corrected chi connectivity index (χ3v) is 3.33. The topological polar surface area (TPSA) is 62.4 Å². The lowest BCUT2D eigenvalue weighted by Crippen LogP contribution is -2.49. The van der Waals surface area contributed by atoms with Gasteiger partial charge in [-0.2, -0.15) is 0 Å². The molecule has 0 bridgehead atoms. The van der Waals surface area contributed by atoms with Crippen LogP contribution < -0.4 is 16.4 Å². The van der Waals surface area contributed by atoms with E-state index in [0.29, 0.717) is 11.1 Å². The highest BCUT2D eigenvalue weighted by Gasteiger charge is 2.16. The number of thiocarbonyl (C=S) groups is 1. The van der Waals surface area contributed by atoms with E-state index < -0.39 is 0 Å². The molecule has 100 valence electrons. The summed E-state index contributed by atoms with van der Waals surface area (Å²) in [7, 11) is 0. The Balaban J connectivity index is 1.87. The zero-order valence-corrected chi connectivity index (χ0v) is 11.5. The predicted octanol–water partition coefficient (Wildman–Crippen LogP) is 2.14. The van der Waals surface area contributed by atoms with Crippen LogP contribution in [-0.4, -0.2) is 11.1 Å². The van der Waals surface area contributed by atoms with Crippen LogP contribution in [0.1, 0.15) is 11.7 Å². The molecular weight excluding hydrogens is 268 g/mol. The van der Waals surface area contributed by atoms with Crippen molar-refractivity contribution in [2.45, 2.75) is 6.17 Å². The number of hydrogen-bond acceptors (Lipinski definition) is 3. The van der Waals surface area contributed by atoms with Crippen molar-refractivity contribution in [2.24, 2.45) is 10.7 Å². The van der Waals surface area contributed by atoms with Crippen LogP contribution in [0.3, 0.4) is 0 Å². The fourth-order valence-corrected chi connectivity index (χ4v) is 2.34. The highest BCUT2D eigenvalue weighted by molar-refractivity contribution is 7.80. The average molecular weight is 282 g/mol. The fourth-order valence-electron chi connectivity index (χ4n) is 2.13. The molecule has 0 saturated heterocycles. The van der Waals surface area contributed by atoms with Gasteiger partial charge in [0.25, 0.3) is 0 Å². The third-order valence-electron chi connectivity index (χ3n) is 3.11. The highest BCUT2D eigenvalue weighted by Crippen LogP contribution is 2.22. The molecule has 2 aromatic carbocycles. The molecule has 2 aromatic rings. The first-order valence-electron chi connectivity index (χ1n) is 6.28. The van der Waals surface area contributed by atoms with E-state index in [0.717, 1.165) is 5.56 Å². The molecule has 0 aliphatic carbocycles. The number of benzene rings is 2. The zero-order chi connectivity index (χ0) is 13.9. The number of aliphatic imine (C=N–C) groups is 1. The molecule has 1 aliphatic heterocycles. The van der Waals surface area contributed by atoms with Gasteiger partial charge in [-0.3, -0.25) is 0 Å². The molecule has 1 atom stereocenters. The van der Waals surface area contributed by atoms with Crippen molar-refractivity contribution < 1.29 is 0 Å². The van der Waals surface area contributed by atoms with E-state index in [1.165, 1.54) is 11.1 Å². The maximum Gasteiger partial charge on any atom is 0.197 e. The van der Waals surface area contributed by atoms with E-state index in [-0.39, 0.29) is 6.17 Å². The Morgan fingerprint density at radius 1 is 0.950 bits per heavy atom. The lowest BCUT2D eigenvalue weighted by Gasteiger charge is -2.23. The van der Waals surface area contributed by atoms with E-state index in [2.05, 4.69) is 39.9 Å². The minimum Gasteiger partial charge on any atom is -0.370 e. The molecule has 5 heteroatoms. The molecule has 0 radical (unpaired) electrons. The van der Waals surface area contributed by atoms with Gasteiger partial charge in [0, 0.05) is 0 Å². The first kappa shape index (κ1) is 12.6. The minimum atomic E-state index is -0.228. The number of nitrogens with two attached hydrogens (primary N) is 1. The van der Waals surface area contributed by atoms with Crippen molar-refractivity contribution in [3.63, 3.8) is 0 Å². The van der Waals surface area contributed by atoms with Crippen LogP contribution in [0.2, 0.25) is 0 Å². The first-order valence-corrected chi connectivity index (χ1v) is 6.69. The quantitative estimate of drug-likeness (QED) is 0.739. The summed E-state index contributed by atoms with van der Waals surface area (Å²) in [6, 6.07) is 18.4. The molecule has 0 fully saturated rings. The van der Waals surface area contributed by atoms with Crippen molar-refractivity contribution in [3.8, 4) is 11.1 Å². The molecular formula is C15H14N4S. The van der Waals surface area contributed by atoms with Crippen LogP contribution in [0.25, 0.3) is 11.1 Å². The van der Waals surface area contributed by atoms with Gasteiger partial charge >= 0.3 is 0 Å². The summed E-state index contributed by atoms with van der Waals surface area (Å²) < 4.78 is 0. The molecule has 4 N–H and O–H groups in total. The maximum absolute atomic E-state index is 5.69. The predicted molar refractivity (Wildman–Crippen MR) is 85.1 cm³/mol. The minimum absolute atomic E-state index is 0.228. The van der Waals surface area contributed by atoms with Crippen LogP contribution in [-0.2, 0) is 0 Å². The monoisotopic (exact) mass is 282 g/mol. The average Bonchev–Trinajstić information content (AvgIpc) is 2.47. The number of guanidine groups is 1. The number of nitrogens with zero attached hydrogens (tertiary/aromatic N) is 1. The van der Waals surface area contributed by atoms with E-state index in [4.69, 9.17) is 18.0 Å². The van der Waals surface area contributed by atoms with Crippen LogP contribution in [0.5, 0.6) is 0 Å². The Bertz CT molecular complexity index is 649. The molecule has 0 aromatic heterocycles. The molecule has 0 unspecified atom stereocenters. The molecule has 0 amide bonds. The Hall–Kier alpha value is -2.40. The van der Waals surface area contributed by atoms with Gasteiger partial charge in [0.2, 0.25) is 0 Å². The van der Waals surface area contributed by atoms with Crippen molar-refractivity contribution in [1.29, 1.82) is 0 Å². The Morgan fingerprint density at radius 2 is 1.60 bits per heavy atom. The van der Waals surface area contributed by atoms with Gasteiger partial charge in [-0.25, -0.2) is 4.99 Å². The van der Waals surface area contributed by atoms with Crippen molar-refractivity contribution in [1.82, 2.24) is 10.6 Å². The van der Waals surface area contributed by atoms with Gasteiger partial charge in [-0.1, -0.05) is 54.6 Å². The second kappa shape index (κ2) is 5.30. The molecule has 0 saturated carbocycles. The number of hydrogen-bond donors (Lipinski definition) is 3. The Morgan fingerprint density at radius 3 is 2.25 bits per heavy atom. The zero-order valence-electron chi connectivity index (χ0n) is 10.7. The fraction of sp³-hybridized carbons (Fsp3) is 0.0667. The summed E-state index contributed by atoms with van der Waals surface area (Å²) in [5, 5.41) is 6.33.